The van der Waals surface area contributed by atoms with Gasteiger partial charge in [-0.05, 0) is 19.3 Å². The number of hydrogen-bond acceptors (Lipinski definition) is 4. The number of rotatable bonds is 6. The molecule has 0 aromatic heterocycles. The fourth-order valence-electron chi connectivity index (χ4n) is 1.37. The molecule has 0 saturated heterocycles. The predicted octanol–water partition coefficient (Wildman–Crippen LogP) is 2.50. The van der Waals surface area contributed by atoms with Gasteiger partial charge in [-0.1, -0.05) is 38.2 Å². The third-order valence-electron chi connectivity index (χ3n) is 2.54. The Morgan fingerprint density at radius 2 is 1.61 bits per heavy atom. The van der Waals surface area contributed by atoms with Crippen LogP contribution < -0.4 is 0 Å². The molecule has 0 aromatic carbocycles. The van der Waals surface area contributed by atoms with Gasteiger partial charge in [-0.25, -0.2) is 0 Å². The predicted molar refractivity (Wildman–Crippen MR) is 69.9 cm³/mol. The minimum absolute atomic E-state index is 0.245. The number of carbonyl (C=O) groups excluding carboxylic acids is 2. The van der Waals surface area contributed by atoms with E-state index >= 15 is 0 Å². The molecule has 0 N–H and O–H groups in total. The van der Waals surface area contributed by atoms with Crippen LogP contribution in [0.2, 0.25) is 0 Å². The Morgan fingerprint density at radius 1 is 1.11 bits per heavy atom. The van der Waals surface area contributed by atoms with Crippen molar-refractivity contribution in [1.29, 1.82) is 0 Å². The van der Waals surface area contributed by atoms with E-state index in [1.807, 2.05) is 18.2 Å². The Kier molecular flexibility index (Phi) is 7.01. The van der Waals surface area contributed by atoms with Crippen LogP contribution in [-0.4, -0.2) is 26.2 Å². The van der Waals surface area contributed by atoms with Crippen LogP contribution in [0, 0.1) is 11.3 Å². The monoisotopic (exact) mass is 254 g/mol. The maximum Gasteiger partial charge on any atom is 0.323 e. The first-order valence-electron chi connectivity index (χ1n) is 5.88. The lowest BCUT2D eigenvalue weighted by Gasteiger charge is -2.21. The first kappa shape index (κ1) is 16.4. The summed E-state index contributed by atoms with van der Waals surface area (Å²) in [4.78, 5) is 23.3. The molecule has 0 unspecified atom stereocenters. The fourth-order valence-corrected chi connectivity index (χ4v) is 1.37. The van der Waals surface area contributed by atoms with E-state index in [1.54, 1.807) is 6.08 Å². The van der Waals surface area contributed by atoms with E-state index in [9.17, 15) is 9.59 Å². The van der Waals surface area contributed by atoms with Crippen LogP contribution in [-0.2, 0) is 19.1 Å². The Hall–Kier alpha value is -1.58. The van der Waals surface area contributed by atoms with E-state index in [2.05, 4.69) is 23.3 Å². The van der Waals surface area contributed by atoms with E-state index in [0.29, 0.717) is 5.92 Å². The van der Waals surface area contributed by atoms with Gasteiger partial charge in [0.25, 0.3) is 0 Å². The molecule has 0 heterocycles. The topological polar surface area (TPSA) is 52.6 Å². The van der Waals surface area contributed by atoms with E-state index in [0.717, 1.165) is 0 Å². The highest BCUT2D eigenvalue weighted by Gasteiger charge is 2.42. The van der Waals surface area contributed by atoms with Gasteiger partial charge < -0.3 is 9.47 Å². The molecule has 0 radical (unpaired) electrons. The lowest BCUT2D eigenvalue weighted by Crippen LogP contribution is -2.38. The van der Waals surface area contributed by atoms with Gasteiger partial charge in [0.2, 0.25) is 0 Å². The second-order valence-electron chi connectivity index (χ2n) is 4.58. The van der Waals surface area contributed by atoms with Gasteiger partial charge in [-0.3, -0.25) is 9.59 Å². The smallest absolute Gasteiger partial charge is 0.323 e. The third kappa shape index (κ3) is 4.73. The summed E-state index contributed by atoms with van der Waals surface area (Å²) in [5.74, 6) is -0.721. The first-order valence-corrected chi connectivity index (χ1v) is 5.88. The summed E-state index contributed by atoms with van der Waals surface area (Å²) in [5, 5.41) is 0. The molecular formula is C14H22O4. The Labute approximate surface area is 109 Å². The molecule has 0 saturated carbocycles. The molecule has 4 nitrogen and oxygen atoms in total. The molecule has 0 bridgehead atoms. The van der Waals surface area contributed by atoms with Crippen molar-refractivity contribution in [3.63, 3.8) is 0 Å². The van der Waals surface area contributed by atoms with Crippen LogP contribution in [0.1, 0.15) is 27.2 Å². The minimum Gasteiger partial charge on any atom is -0.468 e. The molecule has 0 spiro atoms. The minimum atomic E-state index is -1.29. The zero-order chi connectivity index (χ0) is 14.2. The van der Waals surface area contributed by atoms with Crippen molar-refractivity contribution in [2.45, 2.75) is 27.2 Å². The lowest BCUT2D eigenvalue weighted by atomic mass is 9.86. The number of ether oxygens (including phenoxy) is 2. The van der Waals surface area contributed by atoms with Gasteiger partial charge in [-0.2, -0.15) is 0 Å². The fraction of sp³-hybridized carbons (Fsp3) is 0.571. The summed E-state index contributed by atoms with van der Waals surface area (Å²) < 4.78 is 9.28. The maximum absolute atomic E-state index is 11.6. The zero-order valence-electron chi connectivity index (χ0n) is 11.7. The summed E-state index contributed by atoms with van der Waals surface area (Å²) in [6.07, 6.45) is 7.72. The zero-order valence-corrected chi connectivity index (χ0v) is 11.7. The number of carbonyl (C=O) groups is 2. The second-order valence-corrected chi connectivity index (χ2v) is 4.58. The van der Waals surface area contributed by atoms with Crippen molar-refractivity contribution < 1.29 is 19.1 Å². The van der Waals surface area contributed by atoms with E-state index in [1.165, 1.54) is 21.1 Å². The van der Waals surface area contributed by atoms with Crippen LogP contribution in [0.25, 0.3) is 0 Å². The van der Waals surface area contributed by atoms with Crippen molar-refractivity contribution >= 4 is 11.9 Å². The summed E-state index contributed by atoms with van der Waals surface area (Å²) in [5.41, 5.74) is -1.29. The molecule has 0 fully saturated rings. The van der Waals surface area contributed by atoms with Crippen LogP contribution in [0.15, 0.2) is 24.3 Å². The molecule has 102 valence electrons. The van der Waals surface area contributed by atoms with Gasteiger partial charge >= 0.3 is 11.9 Å². The molecule has 0 amide bonds. The van der Waals surface area contributed by atoms with Crippen molar-refractivity contribution in [2.24, 2.45) is 11.3 Å². The molecule has 0 aliphatic carbocycles. The van der Waals surface area contributed by atoms with Crippen LogP contribution in [0.3, 0.4) is 0 Å². The second kappa shape index (κ2) is 7.69. The maximum atomic E-state index is 11.6. The quantitative estimate of drug-likeness (QED) is 0.415. The van der Waals surface area contributed by atoms with Gasteiger partial charge in [0, 0.05) is 0 Å². The first-order chi connectivity index (χ1) is 8.38. The largest absolute Gasteiger partial charge is 0.468 e. The van der Waals surface area contributed by atoms with Crippen molar-refractivity contribution in [1.82, 2.24) is 0 Å². The molecular weight excluding hydrogens is 232 g/mol. The summed E-state index contributed by atoms with van der Waals surface area (Å²) >= 11 is 0. The summed E-state index contributed by atoms with van der Waals surface area (Å²) in [7, 11) is 2.51. The third-order valence-corrected chi connectivity index (χ3v) is 2.54. The molecule has 0 atom stereocenters. The van der Waals surface area contributed by atoms with E-state index in [-0.39, 0.29) is 6.42 Å². The van der Waals surface area contributed by atoms with Gasteiger partial charge in [0.05, 0.1) is 14.2 Å². The average Bonchev–Trinajstić information content (AvgIpc) is 2.35. The normalized spacial score (nSPS) is 12.3. The Balaban J connectivity index is 4.72. The van der Waals surface area contributed by atoms with Crippen molar-refractivity contribution in [3.05, 3.63) is 24.3 Å². The number of allylic oxidation sites excluding steroid dienone is 4. The van der Waals surface area contributed by atoms with Crippen LogP contribution in [0.4, 0.5) is 0 Å². The molecule has 0 aromatic rings. The average molecular weight is 254 g/mol. The summed E-state index contributed by atoms with van der Waals surface area (Å²) in [6.45, 7) is 5.65. The molecule has 18 heavy (non-hydrogen) atoms. The Morgan fingerprint density at radius 3 is 2.00 bits per heavy atom. The number of esters is 2. The van der Waals surface area contributed by atoms with E-state index < -0.39 is 17.4 Å². The van der Waals surface area contributed by atoms with E-state index in [4.69, 9.17) is 0 Å². The number of hydrogen-bond donors (Lipinski definition) is 0. The van der Waals surface area contributed by atoms with Gasteiger partial charge in [0.1, 0.15) is 0 Å². The van der Waals surface area contributed by atoms with Crippen LogP contribution in [0.5, 0.6) is 0 Å². The van der Waals surface area contributed by atoms with Crippen molar-refractivity contribution in [2.75, 3.05) is 14.2 Å². The highest BCUT2D eigenvalue weighted by atomic mass is 16.5. The van der Waals surface area contributed by atoms with Crippen molar-refractivity contribution in [3.8, 4) is 0 Å². The molecule has 0 aliphatic heterocycles. The SMILES string of the molecule is COC(=O)C(C)(C/C=C/C=C\C(C)C)C(=O)OC. The highest BCUT2D eigenvalue weighted by molar-refractivity contribution is 5.99. The Bertz CT molecular complexity index is 324. The summed E-state index contributed by atoms with van der Waals surface area (Å²) in [6, 6.07) is 0. The van der Waals surface area contributed by atoms with Crippen LogP contribution >= 0.6 is 0 Å². The number of methoxy groups -OCH3 is 2. The van der Waals surface area contributed by atoms with Gasteiger partial charge in [0.15, 0.2) is 5.41 Å². The molecule has 0 rings (SSSR count). The highest BCUT2D eigenvalue weighted by Crippen LogP contribution is 2.25. The lowest BCUT2D eigenvalue weighted by molar-refractivity contribution is -0.167. The molecule has 0 aliphatic rings. The standard InChI is InChI=1S/C14H22O4/c1-11(2)9-7-6-8-10-14(3,12(15)17-4)13(16)18-5/h6-9,11H,10H2,1-5H3/b8-6+,9-7-. The van der Waals surface area contributed by atoms with Gasteiger partial charge in [-0.15, -0.1) is 0 Å². The molecule has 4 heteroatoms.